The van der Waals surface area contributed by atoms with E-state index in [2.05, 4.69) is 49.2 Å². The number of nitrogens with zero attached hydrogens (tertiary/aromatic N) is 3. The number of hydrogen-bond donors (Lipinski definition) is 1. The van der Waals surface area contributed by atoms with Crippen molar-refractivity contribution in [2.45, 2.75) is 0 Å². The lowest BCUT2D eigenvalue weighted by molar-refractivity contribution is 0.0948. The Morgan fingerprint density at radius 2 is 1.81 bits per heavy atom. The van der Waals surface area contributed by atoms with E-state index in [-0.39, 0.29) is 5.91 Å². The second-order valence-corrected chi connectivity index (χ2v) is 8.48. The third kappa shape index (κ3) is 4.48. The van der Waals surface area contributed by atoms with Gasteiger partial charge in [0.25, 0.3) is 5.91 Å². The van der Waals surface area contributed by atoms with Gasteiger partial charge in [0, 0.05) is 49.3 Å². The number of nitrogens with one attached hydrogen (secondary N) is 1. The fourth-order valence-corrected chi connectivity index (χ4v) is 4.47. The van der Waals surface area contributed by atoms with Gasteiger partial charge < -0.3 is 10.2 Å². The van der Waals surface area contributed by atoms with Crippen LogP contribution in [0, 0.1) is 0 Å². The van der Waals surface area contributed by atoms with Crippen LogP contribution in [0.2, 0.25) is 0 Å². The quantitative estimate of drug-likeness (QED) is 0.652. The summed E-state index contributed by atoms with van der Waals surface area (Å²) in [6, 6.07) is 15.7. The predicted octanol–water partition coefficient (Wildman–Crippen LogP) is 3.61. The van der Waals surface area contributed by atoms with Gasteiger partial charge in [0.2, 0.25) is 0 Å². The second kappa shape index (κ2) is 8.37. The topological polar surface area (TPSA) is 48.5 Å². The summed E-state index contributed by atoms with van der Waals surface area (Å²) in [5, 5.41) is 4.12. The van der Waals surface area contributed by atoms with Crippen molar-refractivity contribution < 1.29 is 4.79 Å². The number of amides is 1. The third-order valence-corrected chi connectivity index (χ3v) is 6.37. The standard InChI is InChI=1S/C20H21BrN4OS/c21-16-7-5-15(6-8-16)19(26)22-9-10-24-11-13-25(14-12-24)20-23-17-3-1-2-4-18(17)27-20/h1-8H,9-14H2,(H,22,26). The highest BCUT2D eigenvalue weighted by atomic mass is 79.9. The Hall–Kier alpha value is -1.96. The molecular formula is C20H21BrN4OS. The number of carbonyl (C=O) groups is 1. The van der Waals surface area contributed by atoms with Gasteiger partial charge in [-0.25, -0.2) is 4.98 Å². The molecule has 7 heteroatoms. The van der Waals surface area contributed by atoms with E-state index >= 15 is 0 Å². The van der Waals surface area contributed by atoms with E-state index in [1.54, 1.807) is 11.3 Å². The number of halogens is 1. The maximum atomic E-state index is 12.2. The zero-order valence-corrected chi connectivity index (χ0v) is 17.3. The molecule has 140 valence electrons. The van der Waals surface area contributed by atoms with Gasteiger partial charge in [0.05, 0.1) is 10.2 Å². The SMILES string of the molecule is O=C(NCCN1CCN(c2nc3ccccc3s2)CC1)c1ccc(Br)cc1. The molecule has 1 N–H and O–H groups in total. The lowest BCUT2D eigenvalue weighted by atomic mass is 10.2. The number of benzene rings is 2. The molecule has 1 amide bonds. The van der Waals surface area contributed by atoms with Crippen molar-refractivity contribution in [2.75, 3.05) is 44.2 Å². The smallest absolute Gasteiger partial charge is 0.251 e. The minimum absolute atomic E-state index is 0.0180. The maximum absolute atomic E-state index is 12.2. The number of para-hydroxylation sites is 1. The Balaban J connectivity index is 1.23. The lowest BCUT2D eigenvalue weighted by Crippen LogP contribution is -2.48. The number of rotatable bonds is 5. The van der Waals surface area contributed by atoms with E-state index in [0.717, 1.165) is 47.8 Å². The number of aromatic nitrogens is 1. The van der Waals surface area contributed by atoms with E-state index in [1.165, 1.54) is 4.70 Å². The molecule has 1 aliphatic heterocycles. The Morgan fingerprint density at radius 1 is 1.07 bits per heavy atom. The first-order valence-electron chi connectivity index (χ1n) is 9.06. The van der Waals surface area contributed by atoms with Crippen molar-refractivity contribution in [2.24, 2.45) is 0 Å². The summed E-state index contributed by atoms with van der Waals surface area (Å²) in [6.45, 7) is 5.46. The molecule has 1 aliphatic rings. The van der Waals surface area contributed by atoms with E-state index < -0.39 is 0 Å². The van der Waals surface area contributed by atoms with E-state index in [9.17, 15) is 4.79 Å². The largest absolute Gasteiger partial charge is 0.351 e. The molecule has 0 saturated carbocycles. The Labute approximate surface area is 171 Å². The molecule has 4 rings (SSSR count). The fraction of sp³-hybridized carbons (Fsp3) is 0.300. The van der Waals surface area contributed by atoms with Crippen molar-refractivity contribution in [3.05, 3.63) is 58.6 Å². The van der Waals surface area contributed by atoms with Crippen LogP contribution in [0.4, 0.5) is 5.13 Å². The maximum Gasteiger partial charge on any atom is 0.251 e. The minimum atomic E-state index is -0.0180. The zero-order chi connectivity index (χ0) is 18.6. The Bertz CT molecular complexity index is 886. The molecule has 1 fully saturated rings. The Kier molecular flexibility index (Phi) is 5.71. The van der Waals surface area contributed by atoms with Gasteiger partial charge >= 0.3 is 0 Å². The van der Waals surface area contributed by atoms with Gasteiger partial charge in [-0.2, -0.15) is 0 Å². The zero-order valence-electron chi connectivity index (χ0n) is 14.9. The number of fused-ring (bicyclic) bond motifs is 1. The molecule has 5 nitrogen and oxygen atoms in total. The normalized spacial score (nSPS) is 15.2. The summed E-state index contributed by atoms with van der Waals surface area (Å²) in [4.78, 5) is 21.7. The molecule has 0 aliphatic carbocycles. The average molecular weight is 445 g/mol. The van der Waals surface area contributed by atoms with Crippen molar-refractivity contribution in [3.63, 3.8) is 0 Å². The molecule has 2 heterocycles. The first-order valence-corrected chi connectivity index (χ1v) is 10.7. The summed E-state index contributed by atoms with van der Waals surface area (Å²) in [5.41, 5.74) is 1.77. The number of anilines is 1. The van der Waals surface area contributed by atoms with Gasteiger partial charge in [-0.15, -0.1) is 0 Å². The highest BCUT2D eigenvalue weighted by Crippen LogP contribution is 2.29. The second-order valence-electron chi connectivity index (χ2n) is 6.56. The van der Waals surface area contributed by atoms with Crippen molar-refractivity contribution >= 4 is 48.5 Å². The molecule has 2 aromatic carbocycles. The predicted molar refractivity (Wildman–Crippen MR) is 115 cm³/mol. The van der Waals surface area contributed by atoms with Crippen LogP contribution in [-0.2, 0) is 0 Å². The molecule has 0 radical (unpaired) electrons. The summed E-state index contributed by atoms with van der Waals surface area (Å²) in [6.07, 6.45) is 0. The lowest BCUT2D eigenvalue weighted by Gasteiger charge is -2.34. The third-order valence-electron chi connectivity index (χ3n) is 4.75. The van der Waals surface area contributed by atoms with Gasteiger partial charge in [-0.3, -0.25) is 9.69 Å². The molecule has 0 atom stereocenters. The monoisotopic (exact) mass is 444 g/mol. The molecule has 1 saturated heterocycles. The van der Waals surface area contributed by atoms with Crippen molar-refractivity contribution in [1.82, 2.24) is 15.2 Å². The molecular weight excluding hydrogens is 424 g/mol. The molecule has 0 spiro atoms. The number of carbonyl (C=O) groups excluding carboxylic acids is 1. The van der Waals surface area contributed by atoms with Crippen LogP contribution in [0.25, 0.3) is 10.2 Å². The van der Waals surface area contributed by atoms with E-state index in [1.807, 2.05) is 30.3 Å². The van der Waals surface area contributed by atoms with E-state index in [4.69, 9.17) is 4.98 Å². The Morgan fingerprint density at radius 3 is 2.56 bits per heavy atom. The molecule has 27 heavy (non-hydrogen) atoms. The molecule has 3 aromatic rings. The van der Waals surface area contributed by atoms with Gasteiger partial charge in [0.15, 0.2) is 5.13 Å². The highest BCUT2D eigenvalue weighted by molar-refractivity contribution is 9.10. The van der Waals surface area contributed by atoms with Crippen LogP contribution in [0.1, 0.15) is 10.4 Å². The summed E-state index contributed by atoms with van der Waals surface area (Å²) < 4.78 is 2.22. The van der Waals surface area contributed by atoms with Crippen LogP contribution >= 0.6 is 27.3 Å². The van der Waals surface area contributed by atoms with Gasteiger partial charge in [-0.1, -0.05) is 39.4 Å². The van der Waals surface area contributed by atoms with E-state index in [0.29, 0.717) is 12.1 Å². The van der Waals surface area contributed by atoms with Crippen LogP contribution in [-0.4, -0.2) is 55.1 Å². The first-order chi connectivity index (χ1) is 13.2. The van der Waals surface area contributed by atoms with Crippen LogP contribution in [0.15, 0.2) is 53.0 Å². The summed E-state index contributed by atoms with van der Waals surface area (Å²) in [7, 11) is 0. The molecule has 0 bridgehead atoms. The summed E-state index contributed by atoms with van der Waals surface area (Å²) >= 11 is 5.15. The van der Waals surface area contributed by atoms with Gasteiger partial charge in [0.1, 0.15) is 0 Å². The first kappa shape index (κ1) is 18.4. The molecule has 0 unspecified atom stereocenters. The number of piperazine rings is 1. The van der Waals surface area contributed by atoms with Crippen LogP contribution < -0.4 is 10.2 Å². The van der Waals surface area contributed by atoms with Crippen LogP contribution in [0.3, 0.4) is 0 Å². The summed E-state index contributed by atoms with van der Waals surface area (Å²) in [5.74, 6) is -0.0180. The number of thiazole rings is 1. The highest BCUT2D eigenvalue weighted by Gasteiger charge is 2.19. The van der Waals surface area contributed by atoms with Crippen molar-refractivity contribution in [1.29, 1.82) is 0 Å². The van der Waals surface area contributed by atoms with Crippen molar-refractivity contribution in [3.8, 4) is 0 Å². The fourth-order valence-electron chi connectivity index (χ4n) is 3.19. The van der Waals surface area contributed by atoms with Gasteiger partial charge in [-0.05, 0) is 36.4 Å². The minimum Gasteiger partial charge on any atom is -0.351 e. The average Bonchev–Trinajstić information content (AvgIpc) is 3.13. The number of hydrogen-bond acceptors (Lipinski definition) is 5. The molecule has 1 aromatic heterocycles. The van der Waals surface area contributed by atoms with Crippen LogP contribution in [0.5, 0.6) is 0 Å².